The molecule has 3 aromatic carbocycles. The van der Waals surface area contributed by atoms with Gasteiger partial charge in [-0.05, 0) is 85.5 Å². The first-order chi connectivity index (χ1) is 17.3. The molecule has 0 saturated carbocycles. The summed E-state index contributed by atoms with van der Waals surface area (Å²) in [7, 11) is 0. The van der Waals surface area contributed by atoms with Gasteiger partial charge in [-0.1, -0.05) is 36.1 Å². The number of aryl methyl sites for hydroxylation is 2. The summed E-state index contributed by atoms with van der Waals surface area (Å²) in [6.07, 6.45) is 1.79. The van der Waals surface area contributed by atoms with Crippen LogP contribution in [-0.2, 0) is 11.4 Å². The third-order valence-corrected chi connectivity index (χ3v) is 6.95. The smallest absolute Gasteiger partial charge is 0.270 e. The molecule has 184 valence electrons. The lowest BCUT2D eigenvalue weighted by Gasteiger charge is -2.16. The van der Waals surface area contributed by atoms with Gasteiger partial charge in [-0.15, -0.1) is 0 Å². The molecule has 3 aromatic rings. The van der Waals surface area contributed by atoms with Crippen LogP contribution in [0.15, 0.2) is 65.6 Å². The van der Waals surface area contributed by atoms with E-state index in [1.54, 1.807) is 29.2 Å². The van der Waals surface area contributed by atoms with Crippen LogP contribution >= 0.6 is 24.0 Å². The van der Waals surface area contributed by atoms with E-state index in [1.807, 2.05) is 51.1 Å². The number of hydrogen-bond acceptors (Lipinski definition) is 7. The Labute approximate surface area is 218 Å². The Morgan fingerprint density at radius 1 is 1.00 bits per heavy atom. The van der Waals surface area contributed by atoms with Crippen molar-refractivity contribution in [3.8, 4) is 11.5 Å². The zero-order valence-corrected chi connectivity index (χ0v) is 21.7. The SMILES string of the molecule is CCOc1cc(/C=C2/SC(=S)N(c3ccc(C)c(C)c3)C2=O)ccc1OCc1ccc([N+](=O)[O-])cc1. The number of carbonyl (C=O) groups is 1. The van der Waals surface area contributed by atoms with Crippen LogP contribution in [0.1, 0.15) is 29.2 Å². The summed E-state index contributed by atoms with van der Waals surface area (Å²) in [5, 5.41) is 10.8. The highest BCUT2D eigenvalue weighted by atomic mass is 32.2. The van der Waals surface area contributed by atoms with Crippen LogP contribution in [-0.4, -0.2) is 21.8 Å². The van der Waals surface area contributed by atoms with Crippen molar-refractivity contribution in [2.75, 3.05) is 11.5 Å². The third kappa shape index (κ3) is 5.58. The quantitative estimate of drug-likeness (QED) is 0.143. The Morgan fingerprint density at radius 2 is 1.75 bits per heavy atom. The highest BCUT2D eigenvalue weighted by Gasteiger charge is 2.33. The first kappa shape index (κ1) is 25.4. The average molecular weight is 521 g/mol. The second-order valence-corrected chi connectivity index (χ2v) is 9.81. The summed E-state index contributed by atoms with van der Waals surface area (Å²) in [5.74, 6) is 0.914. The molecule has 0 aromatic heterocycles. The molecule has 0 aliphatic carbocycles. The second-order valence-electron chi connectivity index (χ2n) is 8.14. The van der Waals surface area contributed by atoms with Crippen LogP contribution in [0.25, 0.3) is 6.08 Å². The molecular weight excluding hydrogens is 496 g/mol. The van der Waals surface area contributed by atoms with Crippen molar-refractivity contribution in [1.29, 1.82) is 0 Å². The second kappa shape index (κ2) is 10.9. The number of benzene rings is 3. The highest BCUT2D eigenvalue weighted by Crippen LogP contribution is 2.38. The van der Waals surface area contributed by atoms with E-state index in [9.17, 15) is 14.9 Å². The first-order valence-electron chi connectivity index (χ1n) is 11.2. The van der Waals surface area contributed by atoms with Crippen LogP contribution in [0.4, 0.5) is 11.4 Å². The fraction of sp³-hybridized carbons (Fsp3) is 0.185. The summed E-state index contributed by atoms with van der Waals surface area (Å²) < 4.78 is 12.2. The van der Waals surface area contributed by atoms with Gasteiger partial charge in [-0.3, -0.25) is 19.8 Å². The lowest BCUT2D eigenvalue weighted by molar-refractivity contribution is -0.384. The van der Waals surface area contributed by atoms with Crippen molar-refractivity contribution in [3.63, 3.8) is 0 Å². The Bertz CT molecular complexity index is 1370. The maximum atomic E-state index is 13.2. The minimum atomic E-state index is -0.438. The molecule has 9 heteroatoms. The molecule has 36 heavy (non-hydrogen) atoms. The molecule has 1 heterocycles. The number of hydrogen-bond donors (Lipinski definition) is 0. The summed E-state index contributed by atoms with van der Waals surface area (Å²) in [4.78, 5) is 25.7. The first-order valence-corrected chi connectivity index (χ1v) is 12.5. The molecule has 1 amide bonds. The number of ether oxygens (including phenoxy) is 2. The van der Waals surface area contributed by atoms with E-state index in [0.29, 0.717) is 27.3 Å². The van der Waals surface area contributed by atoms with E-state index in [4.69, 9.17) is 21.7 Å². The van der Waals surface area contributed by atoms with Crippen LogP contribution in [0.2, 0.25) is 0 Å². The molecule has 1 aliphatic heterocycles. The number of carbonyl (C=O) groups excluding carboxylic acids is 1. The predicted molar refractivity (Wildman–Crippen MR) is 147 cm³/mol. The number of nitro benzene ring substituents is 1. The number of thioether (sulfide) groups is 1. The lowest BCUT2D eigenvalue weighted by Crippen LogP contribution is -2.27. The van der Waals surface area contributed by atoms with Crippen LogP contribution < -0.4 is 14.4 Å². The predicted octanol–water partition coefficient (Wildman–Crippen LogP) is 6.60. The van der Waals surface area contributed by atoms with E-state index >= 15 is 0 Å². The standard InChI is InChI=1S/C27H24N2O5S2/c1-4-33-24-14-20(8-12-23(24)34-16-19-6-10-21(11-7-19)29(31)32)15-25-26(30)28(27(35)36-25)22-9-5-17(2)18(3)13-22/h5-15H,4,16H2,1-3H3/b25-15+. The molecule has 4 rings (SSSR count). The lowest BCUT2D eigenvalue weighted by atomic mass is 10.1. The minimum Gasteiger partial charge on any atom is -0.490 e. The molecule has 0 atom stereocenters. The van der Waals surface area contributed by atoms with Crippen molar-refractivity contribution >= 4 is 51.7 Å². The van der Waals surface area contributed by atoms with Gasteiger partial charge >= 0.3 is 0 Å². The summed E-state index contributed by atoms with van der Waals surface area (Å²) in [6.45, 7) is 6.57. The topological polar surface area (TPSA) is 81.9 Å². The molecule has 0 bridgehead atoms. The number of amides is 1. The molecule has 0 spiro atoms. The average Bonchev–Trinajstić information content (AvgIpc) is 3.13. The van der Waals surface area contributed by atoms with Crippen molar-refractivity contribution in [3.05, 3.63) is 97.9 Å². The van der Waals surface area contributed by atoms with Gasteiger partial charge in [0.15, 0.2) is 15.8 Å². The monoisotopic (exact) mass is 520 g/mol. The van der Waals surface area contributed by atoms with Gasteiger partial charge in [0, 0.05) is 12.1 Å². The van der Waals surface area contributed by atoms with Crippen molar-refractivity contribution < 1.29 is 19.2 Å². The molecule has 1 fully saturated rings. The van der Waals surface area contributed by atoms with E-state index in [0.717, 1.165) is 27.9 Å². The van der Waals surface area contributed by atoms with Crippen LogP contribution in [0.3, 0.4) is 0 Å². The fourth-order valence-electron chi connectivity index (χ4n) is 3.58. The summed E-state index contributed by atoms with van der Waals surface area (Å²) in [5.41, 5.74) is 4.61. The molecule has 0 N–H and O–H groups in total. The van der Waals surface area contributed by atoms with Crippen LogP contribution in [0, 0.1) is 24.0 Å². The minimum absolute atomic E-state index is 0.0287. The van der Waals surface area contributed by atoms with Gasteiger partial charge in [-0.2, -0.15) is 0 Å². The van der Waals surface area contributed by atoms with Gasteiger partial charge in [0.1, 0.15) is 6.61 Å². The maximum absolute atomic E-state index is 13.2. The molecule has 7 nitrogen and oxygen atoms in total. The summed E-state index contributed by atoms with van der Waals surface area (Å²) >= 11 is 6.77. The zero-order valence-electron chi connectivity index (χ0n) is 20.0. The largest absolute Gasteiger partial charge is 0.490 e. The van der Waals surface area contributed by atoms with Crippen LogP contribution in [0.5, 0.6) is 11.5 Å². The molecular formula is C27H24N2O5S2. The normalized spacial score (nSPS) is 14.4. The Balaban J connectivity index is 1.53. The zero-order chi connectivity index (χ0) is 25.8. The van der Waals surface area contributed by atoms with Gasteiger partial charge in [-0.25, -0.2) is 0 Å². The highest BCUT2D eigenvalue weighted by molar-refractivity contribution is 8.27. The van der Waals surface area contributed by atoms with E-state index in [1.165, 1.54) is 23.9 Å². The fourth-order valence-corrected chi connectivity index (χ4v) is 4.88. The molecule has 0 radical (unpaired) electrons. The molecule has 0 unspecified atom stereocenters. The third-order valence-electron chi connectivity index (χ3n) is 5.65. The van der Waals surface area contributed by atoms with Gasteiger partial charge in [0.05, 0.1) is 22.1 Å². The Hall–Kier alpha value is -3.69. The van der Waals surface area contributed by atoms with Gasteiger partial charge in [0.2, 0.25) is 0 Å². The number of anilines is 1. The summed E-state index contributed by atoms with van der Waals surface area (Å²) in [6, 6.07) is 17.5. The number of non-ortho nitro benzene ring substituents is 1. The van der Waals surface area contributed by atoms with Crippen molar-refractivity contribution in [1.82, 2.24) is 0 Å². The maximum Gasteiger partial charge on any atom is 0.270 e. The van der Waals surface area contributed by atoms with E-state index < -0.39 is 4.92 Å². The molecule has 1 aliphatic rings. The number of nitrogens with zero attached hydrogens (tertiary/aromatic N) is 2. The number of nitro groups is 1. The van der Waals surface area contributed by atoms with Gasteiger partial charge in [0.25, 0.3) is 11.6 Å². The number of rotatable bonds is 8. The Kier molecular flexibility index (Phi) is 7.71. The number of thiocarbonyl (C=S) groups is 1. The van der Waals surface area contributed by atoms with Gasteiger partial charge < -0.3 is 9.47 Å². The Morgan fingerprint density at radius 3 is 2.42 bits per heavy atom. The van der Waals surface area contributed by atoms with Crippen molar-refractivity contribution in [2.45, 2.75) is 27.4 Å². The van der Waals surface area contributed by atoms with E-state index in [2.05, 4.69) is 0 Å². The molecule has 1 saturated heterocycles. The van der Waals surface area contributed by atoms with E-state index in [-0.39, 0.29) is 18.2 Å². The van der Waals surface area contributed by atoms with Crippen molar-refractivity contribution in [2.24, 2.45) is 0 Å².